The number of carbonyl (C=O) groups is 1. The van der Waals surface area contributed by atoms with Gasteiger partial charge in [-0.15, -0.1) is 11.8 Å². The fourth-order valence-electron chi connectivity index (χ4n) is 6.29. The predicted octanol–water partition coefficient (Wildman–Crippen LogP) is 4.62. The van der Waals surface area contributed by atoms with Crippen molar-refractivity contribution in [2.24, 2.45) is 23.2 Å². The van der Waals surface area contributed by atoms with Crippen molar-refractivity contribution >= 4 is 17.7 Å². The number of thioether (sulfide) groups is 1. The lowest BCUT2D eigenvalue weighted by Gasteiger charge is -2.56. The van der Waals surface area contributed by atoms with E-state index in [0.717, 1.165) is 54.9 Å². The van der Waals surface area contributed by atoms with Crippen LogP contribution in [0.1, 0.15) is 49.5 Å². The third-order valence-electron chi connectivity index (χ3n) is 6.78. The molecular weight excluding hydrogens is 321 g/mol. The molecule has 1 saturated heterocycles. The first-order valence-electron chi connectivity index (χ1n) is 9.31. The average molecular weight is 345 g/mol. The molecule has 2 nitrogen and oxygen atoms in total. The van der Waals surface area contributed by atoms with E-state index in [1.54, 1.807) is 23.9 Å². The minimum absolute atomic E-state index is 0.00112. The number of rotatable bonds is 2. The molecule has 5 fully saturated rings. The summed E-state index contributed by atoms with van der Waals surface area (Å²) in [7, 11) is 0. The van der Waals surface area contributed by atoms with E-state index in [-0.39, 0.29) is 16.6 Å². The van der Waals surface area contributed by atoms with E-state index in [2.05, 4.69) is 4.90 Å². The maximum atomic E-state index is 13.6. The molecule has 0 spiro atoms. The van der Waals surface area contributed by atoms with Gasteiger partial charge >= 0.3 is 0 Å². The topological polar surface area (TPSA) is 20.3 Å². The van der Waals surface area contributed by atoms with Crippen molar-refractivity contribution in [2.45, 2.75) is 43.9 Å². The molecule has 4 aliphatic carbocycles. The van der Waals surface area contributed by atoms with Crippen molar-refractivity contribution < 1.29 is 9.18 Å². The first-order chi connectivity index (χ1) is 11.6. The summed E-state index contributed by atoms with van der Waals surface area (Å²) in [6, 6.07) is 6.81. The number of hydrogen-bond donors (Lipinski definition) is 0. The van der Waals surface area contributed by atoms with Gasteiger partial charge in [-0.3, -0.25) is 4.79 Å². The van der Waals surface area contributed by atoms with Crippen LogP contribution in [0.3, 0.4) is 0 Å². The molecule has 1 aliphatic heterocycles. The van der Waals surface area contributed by atoms with Crippen LogP contribution in [0, 0.1) is 29.0 Å². The van der Waals surface area contributed by atoms with Crippen LogP contribution in [0.4, 0.5) is 4.39 Å². The molecular formula is C20H24FNOS. The summed E-state index contributed by atoms with van der Waals surface area (Å²) >= 11 is 1.78. The summed E-state index contributed by atoms with van der Waals surface area (Å²) in [6.45, 7) is 0.812. The Balaban J connectivity index is 1.44. The van der Waals surface area contributed by atoms with E-state index in [1.807, 2.05) is 6.07 Å². The van der Waals surface area contributed by atoms with E-state index < -0.39 is 0 Å². The molecule has 0 aromatic heterocycles. The van der Waals surface area contributed by atoms with Gasteiger partial charge in [-0.2, -0.15) is 0 Å². The molecule has 4 heteroatoms. The highest BCUT2D eigenvalue weighted by atomic mass is 32.2. The Labute approximate surface area is 147 Å². The van der Waals surface area contributed by atoms with Crippen molar-refractivity contribution in [3.63, 3.8) is 0 Å². The van der Waals surface area contributed by atoms with Gasteiger partial charge in [-0.05, 0) is 74.0 Å². The van der Waals surface area contributed by atoms with E-state index in [9.17, 15) is 9.18 Å². The minimum atomic E-state index is -0.206. The Morgan fingerprint density at radius 3 is 2.42 bits per heavy atom. The molecule has 128 valence electrons. The molecule has 6 rings (SSSR count). The average Bonchev–Trinajstić information content (AvgIpc) is 3.02. The number of halogens is 1. The highest BCUT2D eigenvalue weighted by Crippen LogP contribution is 2.61. The summed E-state index contributed by atoms with van der Waals surface area (Å²) in [4.78, 5) is 15.7. The van der Waals surface area contributed by atoms with Gasteiger partial charge < -0.3 is 4.90 Å². The predicted molar refractivity (Wildman–Crippen MR) is 93.9 cm³/mol. The number of amides is 1. The van der Waals surface area contributed by atoms with Gasteiger partial charge in [0.05, 0.1) is 5.41 Å². The molecule has 0 N–H and O–H groups in total. The van der Waals surface area contributed by atoms with Crippen molar-refractivity contribution in [1.82, 2.24) is 4.90 Å². The van der Waals surface area contributed by atoms with Crippen LogP contribution in [0.5, 0.6) is 0 Å². The Hall–Kier alpha value is -1.03. The lowest BCUT2D eigenvalue weighted by atomic mass is 9.49. The van der Waals surface area contributed by atoms with Crippen LogP contribution >= 0.6 is 11.8 Å². The van der Waals surface area contributed by atoms with Crippen LogP contribution in [-0.2, 0) is 4.79 Å². The van der Waals surface area contributed by atoms with E-state index in [4.69, 9.17) is 0 Å². The lowest BCUT2D eigenvalue weighted by molar-refractivity contribution is -0.157. The van der Waals surface area contributed by atoms with Crippen LogP contribution in [0.15, 0.2) is 24.3 Å². The summed E-state index contributed by atoms with van der Waals surface area (Å²) < 4.78 is 13.6. The smallest absolute Gasteiger partial charge is 0.230 e. The molecule has 4 bridgehead atoms. The minimum Gasteiger partial charge on any atom is -0.325 e. The highest BCUT2D eigenvalue weighted by Gasteiger charge is 2.56. The first kappa shape index (κ1) is 15.2. The van der Waals surface area contributed by atoms with Gasteiger partial charge in [0.25, 0.3) is 0 Å². The monoisotopic (exact) mass is 345 g/mol. The summed E-state index contributed by atoms with van der Waals surface area (Å²) in [5.41, 5.74) is 0.848. The number of hydrogen-bond acceptors (Lipinski definition) is 2. The Kier molecular flexibility index (Phi) is 3.48. The van der Waals surface area contributed by atoms with Crippen LogP contribution in [0.2, 0.25) is 0 Å². The molecule has 1 aromatic rings. The third kappa shape index (κ3) is 2.33. The standard InChI is InChI=1S/C20H24FNOS/c21-17-3-1-2-16(9-17)18-22(4-5-24-18)19(23)20-10-13-6-14(11-20)8-15(7-13)12-20/h1-3,9,13-15,18H,4-8,10-12H2. The zero-order valence-electron chi connectivity index (χ0n) is 13.9. The van der Waals surface area contributed by atoms with Gasteiger partial charge in [0, 0.05) is 12.3 Å². The molecule has 1 heterocycles. The number of benzene rings is 1. The van der Waals surface area contributed by atoms with E-state index in [0.29, 0.717) is 5.91 Å². The third-order valence-corrected chi connectivity index (χ3v) is 8.04. The fraction of sp³-hybridized carbons (Fsp3) is 0.650. The zero-order chi connectivity index (χ0) is 16.3. The van der Waals surface area contributed by atoms with Crippen LogP contribution in [0.25, 0.3) is 0 Å². The molecule has 5 aliphatic rings. The second-order valence-electron chi connectivity index (χ2n) is 8.47. The highest BCUT2D eigenvalue weighted by molar-refractivity contribution is 7.99. The maximum absolute atomic E-state index is 13.6. The maximum Gasteiger partial charge on any atom is 0.230 e. The first-order valence-corrected chi connectivity index (χ1v) is 10.4. The molecule has 1 unspecified atom stereocenters. The second kappa shape index (κ2) is 5.48. The number of nitrogens with zero attached hydrogens (tertiary/aromatic N) is 1. The Morgan fingerprint density at radius 2 is 1.79 bits per heavy atom. The second-order valence-corrected chi connectivity index (χ2v) is 9.66. The van der Waals surface area contributed by atoms with Crippen molar-refractivity contribution in [2.75, 3.05) is 12.3 Å². The van der Waals surface area contributed by atoms with Crippen LogP contribution in [-0.4, -0.2) is 23.1 Å². The fourth-order valence-corrected chi connectivity index (χ4v) is 7.54. The molecule has 4 saturated carbocycles. The normalized spacial score (nSPS) is 40.3. The molecule has 1 amide bonds. The van der Waals surface area contributed by atoms with Gasteiger partial charge in [0.15, 0.2) is 0 Å². The quantitative estimate of drug-likeness (QED) is 0.780. The van der Waals surface area contributed by atoms with Gasteiger partial charge in [-0.1, -0.05) is 12.1 Å². The summed E-state index contributed by atoms with van der Waals surface area (Å²) in [5, 5.41) is 0.00112. The summed E-state index contributed by atoms with van der Waals surface area (Å²) in [6.07, 6.45) is 7.39. The Morgan fingerprint density at radius 1 is 1.12 bits per heavy atom. The van der Waals surface area contributed by atoms with Gasteiger partial charge in [0.1, 0.15) is 11.2 Å². The van der Waals surface area contributed by atoms with Gasteiger partial charge in [0.2, 0.25) is 5.91 Å². The van der Waals surface area contributed by atoms with Crippen LogP contribution < -0.4 is 0 Å². The van der Waals surface area contributed by atoms with Gasteiger partial charge in [-0.25, -0.2) is 4.39 Å². The van der Waals surface area contributed by atoms with Crippen molar-refractivity contribution in [3.8, 4) is 0 Å². The largest absolute Gasteiger partial charge is 0.325 e. The van der Waals surface area contributed by atoms with Crippen molar-refractivity contribution in [1.29, 1.82) is 0 Å². The molecule has 1 atom stereocenters. The zero-order valence-corrected chi connectivity index (χ0v) is 14.7. The summed E-state index contributed by atoms with van der Waals surface area (Å²) in [5.74, 6) is 3.47. The SMILES string of the molecule is O=C(N1CCSC1c1cccc(F)c1)C12CC3CC(CC(C3)C1)C2. The molecule has 1 aromatic carbocycles. The van der Waals surface area contributed by atoms with E-state index in [1.165, 1.54) is 25.3 Å². The van der Waals surface area contributed by atoms with E-state index >= 15 is 0 Å². The lowest BCUT2D eigenvalue weighted by Crippen LogP contribution is -2.54. The molecule has 0 radical (unpaired) electrons. The van der Waals surface area contributed by atoms with Crippen molar-refractivity contribution in [3.05, 3.63) is 35.6 Å². The number of carbonyl (C=O) groups excluding carboxylic acids is 1. The Bertz CT molecular complexity index is 640. The molecule has 24 heavy (non-hydrogen) atoms.